The molecule has 1 aliphatic rings. The van der Waals surface area contributed by atoms with E-state index in [1.54, 1.807) is 18.6 Å². The van der Waals surface area contributed by atoms with Crippen LogP contribution in [0.4, 0.5) is 4.79 Å². The summed E-state index contributed by atoms with van der Waals surface area (Å²) in [4.78, 5) is 21.9. The summed E-state index contributed by atoms with van der Waals surface area (Å²) in [6.45, 7) is 2.61. The molecule has 0 radical (unpaired) electrons. The summed E-state index contributed by atoms with van der Waals surface area (Å²) in [5.41, 5.74) is 8.05. The van der Waals surface area contributed by atoms with Gasteiger partial charge in [-0.3, -0.25) is 10.00 Å². The van der Waals surface area contributed by atoms with Gasteiger partial charge in [0.1, 0.15) is 11.9 Å². The standard InChI is InChI=1S/C24H24N6O3/c25-23(31)32-20-6-9-30(10-7-20)15-16-1-2-18-12-21(4-3-17(18)11-16)33-24-26-13-19(14-27-24)22-5-8-28-29-22/h1-5,8,11-14,20H,6-7,9-10,15H2,(H2,25,31)(H,28,29). The molecule has 1 saturated heterocycles. The maximum absolute atomic E-state index is 10.9. The van der Waals surface area contributed by atoms with Gasteiger partial charge in [-0.15, -0.1) is 0 Å². The molecule has 168 valence electrons. The Hall–Kier alpha value is -3.98. The zero-order valence-corrected chi connectivity index (χ0v) is 18.0. The van der Waals surface area contributed by atoms with Gasteiger partial charge >= 0.3 is 12.1 Å². The molecule has 1 aliphatic heterocycles. The third-order valence-electron chi connectivity index (χ3n) is 5.75. The van der Waals surface area contributed by atoms with E-state index < -0.39 is 6.09 Å². The lowest BCUT2D eigenvalue weighted by Gasteiger charge is -2.31. The number of benzene rings is 2. The van der Waals surface area contributed by atoms with E-state index >= 15 is 0 Å². The fourth-order valence-electron chi connectivity index (χ4n) is 4.07. The number of rotatable bonds is 6. The Morgan fingerprint density at radius 3 is 2.55 bits per heavy atom. The number of nitrogens with zero attached hydrogens (tertiary/aromatic N) is 4. The second kappa shape index (κ2) is 9.25. The fraction of sp³-hybridized carbons (Fsp3) is 0.250. The number of primary amides is 1. The minimum atomic E-state index is -0.691. The molecule has 33 heavy (non-hydrogen) atoms. The maximum Gasteiger partial charge on any atom is 0.404 e. The van der Waals surface area contributed by atoms with Crippen molar-refractivity contribution in [3.05, 3.63) is 66.6 Å². The SMILES string of the molecule is NC(=O)OC1CCN(Cc2ccc3cc(Oc4ncc(-c5ccn[nH]5)cn4)ccc3c2)CC1. The number of aromatic nitrogens is 4. The lowest BCUT2D eigenvalue weighted by Crippen LogP contribution is -2.38. The Labute approximate surface area is 190 Å². The van der Waals surface area contributed by atoms with Crippen molar-refractivity contribution >= 4 is 16.9 Å². The average Bonchev–Trinajstić information content (AvgIpc) is 3.36. The van der Waals surface area contributed by atoms with E-state index in [1.807, 2.05) is 24.3 Å². The highest BCUT2D eigenvalue weighted by Gasteiger charge is 2.21. The van der Waals surface area contributed by atoms with Crippen LogP contribution in [0.2, 0.25) is 0 Å². The predicted octanol–water partition coefficient (Wildman–Crippen LogP) is 3.87. The van der Waals surface area contributed by atoms with Gasteiger partial charge in [-0.25, -0.2) is 14.8 Å². The first-order valence-corrected chi connectivity index (χ1v) is 10.8. The summed E-state index contributed by atoms with van der Waals surface area (Å²) in [6, 6.07) is 14.5. The molecular weight excluding hydrogens is 420 g/mol. The van der Waals surface area contributed by atoms with Crippen molar-refractivity contribution in [1.82, 2.24) is 25.1 Å². The number of likely N-dealkylation sites (tertiary alicyclic amines) is 1. The molecular formula is C24H24N6O3. The number of nitrogens with two attached hydrogens (primary N) is 1. The number of amides is 1. The van der Waals surface area contributed by atoms with Crippen molar-refractivity contribution in [2.75, 3.05) is 13.1 Å². The molecule has 0 aliphatic carbocycles. The Kier molecular flexibility index (Phi) is 5.86. The molecule has 5 rings (SSSR count). The third-order valence-corrected chi connectivity index (χ3v) is 5.75. The van der Waals surface area contributed by atoms with Crippen LogP contribution in [0, 0.1) is 0 Å². The number of nitrogens with one attached hydrogen (secondary N) is 1. The van der Waals surface area contributed by atoms with E-state index in [0.717, 1.165) is 54.5 Å². The Bertz CT molecular complexity index is 1240. The number of H-pyrrole nitrogens is 1. The van der Waals surface area contributed by atoms with Crippen LogP contribution in [0.3, 0.4) is 0 Å². The summed E-state index contributed by atoms with van der Waals surface area (Å²) in [5, 5.41) is 9.04. The molecule has 0 atom stereocenters. The van der Waals surface area contributed by atoms with Gasteiger partial charge in [0, 0.05) is 43.8 Å². The van der Waals surface area contributed by atoms with E-state index in [9.17, 15) is 4.79 Å². The van der Waals surface area contributed by atoms with Crippen LogP contribution in [-0.2, 0) is 11.3 Å². The number of carbonyl (C=O) groups excluding carboxylic acids is 1. The van der Waals surface area contributed by atoms with Gasteiger partial charge in [0.05, 0.1) is 5.69 Å². The first-order chi connectivity index (χ1) is 16.1. The van der Waals surface area contributed by atoms with Gasteiger partial charge in [-0.2, -0.15) is 5.10 Å². The Morgan fingerprint density at radius 1 is 1.06 bits per heavy atom. The van der Waals surface area contributed by atoms with Gasteiger partial charge < -0.3 is 15.2 Å². The van der Waals surface area contributed by atoms with Crippen molar-refractivity contribution in [3.8, 4) is 23.0 Å². The topological polar surface area (TPSA) is 119 Å². The number of carbonyl (C=O) groups is 1. The lowest BCUT2D eigenvalue weighted by molar-refractivity contribution is 0.0541. The van der Waals surface area contributed by atoms with Crippen molar-refractivity contribution in [2.24, 2.45) is 5.73 Å². The first-order valence-electron chi connectivity index (χ1n) is 10.8. The van der Waals surface area contributed by atoms with Crippen molar-refractivity contribution in [2.45, 2.75) is 25.5 Å². The molecule has 2 aromatic heterocycles. The number of piperidine rings is 1. The molecule has 0 bridgehead atoms. The highest BCUT2D eigenvalue weighted by atomic mass is 16.6. The lowest BCUT2D eigenvalue weighted by atomic mass is 10.0. The molecule has 3 N–H and O–H groups in total. The highest BCUT2D eigenvalue weighted by Crippen LogP contribution is 2.26. The Morgan fingerprint density at radius 2 is 1.82 bits per heavy atom. The van der Waals surface area contributed by atoms with Crippen molar-refractivity contribution in [1.29, 1.82) is 0 Å². The zero-order valence-electron chi connectivity index (χ0n) is 18.0. The van der Waals surface area contributed by atoms with Gasteiger partial charge in [-0.1, -0.05) is 18.2 Å². The van der Waals surface area contributed by atoms with Crippen LogP contribution in [0.25, 0.3) is 22.0 Å². The van der Waals surface area contributed by atoms with Crippen LogP contribution >= 0.6 is 0 Å². The third kappa shape index (κ3) is 5.09. The summed E-state index contributed by atoms with van der Waals surface area (Å²) >= 11 is 0. The predicted molar refractivity (Wildman–Crippen MR) is 123 cm³/mol. The molecule has 9 nitrogen and oxygen atoms in total. The molecule has 0 unspecified atom stereocenters. The zero-order chi connectivity index (χ0) is 22.6. The molecule has 3 heterocycles. The first kappa shape index (κ1) is 20.9. The number of ether oxygens (including phenoxy) is 2. The van der Waals surface area contributed by atoms with Gasteiger partial charge in [0.25, 0.3) is 0 Å². The van der Waals surface area contributed by atoms with Gasteiger partial charge in [0.2, 0.25) is 0 Å². The number of hydrogen-bond donors (Lipinski definition) is 2. The average molecular weight is 444 g/mol. The molecule has 1 fully saturated rings. The van der Waals surface area contributed by atoms with Crippen LogP contribution < -0.4 is 10.5 Å². The molecule has 2 aromatic carbocycles. The van der Waals surface area contributed by atoms with E-state index in [0.29, 0.717) is 5.75 Å². The minimum absolute atomic E-state index is 0.0700. The van der Waals surface area contributed by atoms with Crippen molar-refractivity contribution in [3.63, 3.8) is 0 Å². The quantitative estimate of drug-likeness (QED) is 0.463. The van der Waals surface area contributed by atoms with E-state index in [2.05, 4.69) is 43.3 Å². The van der Waals surface area contributed by atoms with Gasteiger partial charge in [0.15, 0.2) is 0 Å². The summed E-state index contributed by atoms with van der Waals surface area (Å²) in [5.74, 6) is 0.682. The second-order valence-electron chi connectivity index (χ2n) is 8.08. The van der Waals surface area contributed by atoms with Crippen LogP contribution in [0.1, 0.15) is 18.4 Å². The van der Waals surface area contributed by atoms with Crippen LogP contribution in [0.5, 0.6) is 11.8 Å². The molecule has 0 saturated carbocycles. The summed E-state index contributed by atoms with van der Waals surface area (Å²) in [6.07, 6.45) is 5.94. The molecule has 0 spiro atoms. The smallest absolute Gasteiger partial charge is 0.404 e. The van der Waals surface area contributed by atoms with E-state index in [1.165, 1.54) is 5.56 Å². The number of aromatic amines is 1. The maximum atomic E-state index is 10.9. The van der Waals surface area contributed by atoms with Gasteiger partial charge in [-0.05, 0) is 53.4 Å². The fourth-order valence-corrected chi connectivity index (χ4v) is 4.07. The highest BCUT2D eigenvalue weighted by molar-refractivity contribution is 5.84. The summed E-state index contributed by atoms with van der Waals surface area (Å²) in [7, 11) is 0. The monoisotopic (exact) mass is 444 g/mol. The molecule has 1 amide bonds. The summed E-state index contributed by atoms with van der Waals surface area (Å²) < 4.78 is 11.0. The minimum Gasteiger partial charge on any atom is -0.446 e. The molecule has 9 heteroatoms. The normalized spacial score (nSPS) is 14.9. The van der Waals surface area contributed by atoms with E-state index in [-0.39, 0.29) is 12.1 Å². The second-order valence-corrected chi connectivity index (χ2v) is 8.08. The largest absolute Gasteiger partial charge is 0.446 e. The van der Waals surface area contributed by atoms with Crippen LogP contribution in [-0.4, -0.2) is 50.4 Å². The number of hydrogen-bond acceptors (Lipinski definition) is 7. The van der Waals surface area contributed by atoms with Crippen LogP contribution in [0.15, 0.2) is 61.1 Å². The van der Waals surface area contributed by atoms with Crippen molar-refractivity contribution < 1.29 is 14.3 Å². The molecule has 4 aromatic rings. The Balaban J connectivity index is 1.22. The van der Waals surface area contributed by atoms with E-state index in [4.69, 9.17) is 15.2 Å². The number of fused-ring (bicyclic) bond motifs is 1.